The molecule has 0 fully saturated rings. The normalized spacial score (nSPS) is 11.2. The maximum absolute atomic E-state index is 13.5. The quantitative estimate of drug-likeness (QED) is 0.801. The van der Waals surface area contributed by atoms with Crippen molar-refractivity contribution in [1.29, 1.82) is 0 Å². The molecule has 0 atom stereocenters. The highest BCUT2D eigenvalue weighted by Gasteiger charge is 2.08. The molecule has 0 unspecified atom stereocenters. The molecule has 0 spiro atoms. The maximum atomic E-state index is 13.5. The van der Waals surface area contributed by atoms with Gasteiger partial charge >= 0.3 is 0 Å². The number of imidazole rings is 1. The van der Waals surface area contributed by atoms with Crippen LogP contribution in [-0.2, 0) is 13.1 Å². The van der Waals surface area contributed by atoms with Crippen molar-refractivity contribution in [2.24, 2.45) is 5.73 Å². The number of halogens is 1. The molecule has 1 heterocycles. The second-order valence-corrected chi connectivity index (χ2v) is 5.41. The summed E-state index contributed by atoms with van der Waals surface area (Å²) in [5, 5.41) is 0. The maximum Gasteiger partial charge on any atom is 0.123 e. The average molecular weight is 283 g/mol. The zero-order valence-electron chi connectivity index (χ0n) is 12.2. The van der Waals surface area contributed by atoms with E-state index in [1.54, 1.807) is 18.5 Å². The number of benzene rings is 2. The molecule has 21 heavy (non-hydrogen) atoms. The van der Waals surface area contributed by atoms with Crippen LogP contribution < -0.4 is 5.73 Å². The van der Waals surface area contributed by atoms with E-state index < -0.39 is 0 Å². The van der Waals surface area contributed by atoms with Gasteiger partial charge in [0.05, 0.1) is 17.4 Å². The van der Waals surface area contributed by atoms with E-state index in [4.69, 9.17) is 5.73 Å². The topological polar surface area (TPSA) is 43.8 Å². The number of nitrogens with two attached hydrogens (primary N) is 1. The first kappa shape index (κ1) is 13.8. The summed E-state index contributed by atoms with van der Waals surface area (Å²) in [6.07, 6.45) is 1.80. The molecule has 0 saturated heterocycles. The monoisotopic (exact) mass is 283 g/mol. The molecule has 2 N–H and O–H groups in total. The Balaban J connectivity index is 2.06. The van der Waals surface area contributed by atoms with Crippen molar-refractivity contribution >= 4 is 11.0 Å². The minimum atomic E-state index is -0.237. The molecule has 108 valence electrons. The van der Waals surface area contributed by atoms with Crippen molar-refractivity contribution < 1.29 is 4.39 Å². The van der Waals surface area contributed by atoms with Crippen LogP contribution in [0.5, 0.6) is 0 Å². The largest absolute Gasteiger partial charge is 0.326 e. The summed E-state index contributed by atoms with van der Waals surface area (Å²) in [5.74, 6) is -0.237. The molecule has 3 rings (SSSR count). The van der Waals surface area contributed by atoms with Crippen molar-refractivity contribution in [3.63, 3.8) is 0 Å². The number of aryl methyl sites for hydroxylation is 2. The van der Waals surface area contributed by atoms with E-state index in [2.05, 4.69) is 31.0 Å². The van der Waals surface area contributed by atoms with E-state index in [1.807, 2.05) is 4.57 Å². The van der Waals surface area contributed by atoms with Crippen molar-refractivity contribution in [3.8, 4) is 0 Å². The molecule has 0 bridgehead atoms. The average Bonchev–Trinajstić information content (AvgIpc) is 2.82. The lowest BCUT2D eigenvalue weighted by molar-refractivity contribution is 0.622. The third-order valence-electron chi connectivity index (χ3n) is 3.97. The first-order chi connectivity index (χ1) is 10.1. The Morgan fingerprint density at radius 1 is 1.10 bits per heavy atom. The van der Waals surface area contributed by atoms with Crippen LogP contribution in [0.25, 0.3) is 11.0 Å². The Morgan fingerprint density at radius 3 is 2.62 bits per heavy atom. The van der Waals surface area contributed by atoms with Crippen molar-refractivity contribution in [3.05, 3.63) is 64.7 Å². The minimum Gasteiger partial charge on any atom is -0.326 e. The highest BCUT2D eigenvalue weighted by Crippen LogP contribution is 2.20. The van der Waals surface area contributed by atoms with E-state index in [0.717, 1.165) is 22.2 Å². The molecule has 0 amide bonds. The van der Waals surface area contributed by atoms with Crippen LogP contribution in [0, 0.1) is 19.7 Å². The molecule has 0 aliphatic heterocycles. The number of aromatic nitrogens is 2. The van der Waals surface area contributed by atoms with Crippen LogP contribution in [0.15, 0.2) is 36.7 Å². The summed E-state index contributed by atoms with van der Waals surface area (Å²) in [6, 6.07) is 8.95. The molecule has 0 aliphatic carbocycles. The van der Waals surface area contributed by atoms with Gasteiger partial charge in [-0.25, -0.2) is 9.37 Å². The zero-order valence-corrected chi connectivity index (χ0v) is 12.2. The van der Waals surface area contributed by atoms with Gasteiger partial charge in [-0.05, 0) is 60.4 Å². The number of hydrogen-bond donors (Lipinski definition) is 1. The van der Waals surface area contributed by atoms with Gasteiger partial charge in [0, 0.05) is 13.1 Å². The Labute approximate surface area is 123 Å². The van der Waals surface area contributed by atoms with E-state index in [0.29, 0.717) is 13.1 Å². The first-order valence-corrected chi connectivity index (χ1v) is 6.98. The summed E-state index contributed by atoms with van der Waals surface area (Å²) in [7, 11) is 0. The molecular weight excluding hydrogens is 265 g/mol. The standard InChI is InChI=1S/C17H18FN3/c1-11-5-16-17(6-12(11)2)21(10-20-16)9-14-7-15(18)4-3-13(14)8-19/h3-7,10H,8-9,19H2,1-2H3. The molecule has 1 aromatic heterocycles. The highest BCUT2D eigenvalue weighted by molar-refractivity contribution is 5.77. The van der Waals surface area contributed by atoms with Crippen molar-refractivity contribution in [1.82, 2.24) is 9.55 Å². The van der Waals surface area contributed by atoms with Gasteiger partial charge in [-0.15, -0.1) is 0 Å². The van der Waals surface area contributed by atoms with E-state index in [9.17, 15) is 4.39 Å². The highest BCUT2D eigenvalue weighted by atomic mass is 19.1. The Hall–Kier alpha value is -2.20. The molecular formula is C17H18FN3. The van der Waals surface area contributed by atoms with Gasteiger partial charge in [0.2, 0.25) is 0 Å². The third-order valence-corrected chi connectivity index (χ3v) is 3.97. The van der Waals surface area contributed by atoms with Crippen LogP contribution >= 0.6 is 0 Å². The fourth-order valence-corrected chi connectivity index (χ4v) is 2.56. The second-order valence-electron chi connectivity index (χ2n) is 5.41. The molecule has 2 aromatic carbocycles. The molecule has 4 heteroatoms. The molecule has 3 aromatic rings. The lowest BCUT2D eigenvalue weighted by Gasteiger charge is -2.10. The fourth-order valence-electron chi connectivity index (χ4n) is 2.56. The second kappa shape index (κ2) is 5.30. The van der Waals surface area contributed by atoms with Crippen molar-refractivity contribution in [2.45, 2.75) is 26.9 Å². The summed E-state index contributed by atoms with van der Waals surface area (Å²) in [6.45, 7) is 5.14. The Morgan fingerprint density at radius 2 is 1.86 bits per heavy atom. The van der Waals surface area contributed by atoms with Gasteiger partial charge in [0.1, 0.15) is 5.82 Å². The predicted molar refractivity (Wildman–Crippen MR) is 82.6 cm³/mol. The van der Waals surface area contributed by atoms with Crippen LogP contribution in [0.2, 0.25) is 0 Å². The Bertz CT molecular complexity index is 805. The molecule has 3 nitrogen and oxygen atoms in total. The first-order valence-electron chi connectivity index (χ1n) is 6.98. The summed E-state index contributed by atoms with van der Waals surface area (Å²) >= 11 is 0. The molecule has 0 radical (unpaired) electrons. The van der Waals surface area contributed by atoms with Gasteiger partial charge in [-0.1, -0.05) is 6.07 Å². The van der Waals surface area contributed by atoms with Gasteiger partial charge in [-0.3, -0.25) is 0 Å². The Kier molecular flexibility index (Phi) is 3.47. The lowest BCUT2D eigenvalue weighted by atomic mass is 10.1. The summed E-state index contributed by atoms with van der Waals surface area (Å²) in [5.41, 5.74) is 12.1. The fraction of sp³-hybridized carbons (Fsp3) is 0.235. The number of fused-ring (bicyclic) bond motifs is 1. The van der Waals surface area contributed by atoms with Crippen molar-refractivity contribution in [2.75, 3.05) is 0 Å². The number of hydrogen-bond acceptors (Lipinski definition) is 2. The summed E-state index contributed by atoms with van der Waals surface area (Å²) in [4.78, 5) is 4.43. The van der Waals surface area contributed by atoms with Crippen LogP contribution in [-0.4, -0.2) is 9.55 Å². The summed E-state index contributed by atoms with van der Waals surface area (Å²) < 4.78 is 15.5. The third kappa shape index (κ3) is 2.54. The van der Waals surface area contributed by atoms with E-state index in [-0.39, 0.29) is 5.82 Å². The van der Waals surface area contributed by atoms with Crippen LogP contribution in [0.3, 0.4) is 0 Å². The number of nitrogens with zero attached hydrogens (tertiary/aromatic N) is 2. The zero-order chi connectivity index (χ0) is 15.0. The SMILES string of the molecule is Cc1cc2ncn(Cc3cc(F)ccc3CN)c2cc1C. The minimum absolute atomic E-state index is 0.237. The van der Waals surface area contributed by atoms with Crippen LogP contribution in [0.1, 0.15) is 22.3 Å². The van der Waals surface area contributed by atoms with Gasteiger partial charge in [0.25, 0.3) is 0 Å². The molecule has 0 aliphatic rings. The van der Waals surface area contributed by atoms with Gasteiger partial charge < -0.3 is 10.3 Å². The van der Waals surface area contributed by atoms with Gasteiger partial charge in [-0.2, -0.15) is 0 Å². The number of rotatable bonds is 3. The predicted octanol–water partition coefficient (Wildman–Crippen LogP) is 3.30. The lowest BCUT2D eigenvalue weighted by Crippen LogP contribution is -2.06. The van der Waals surface area contributed by atoms with E-state index >= 15 is 0 Å². The van der Waals surface area contributed by atoms with Gasteiger partial charge in [0.15, 0.2) is 0 Å². The van der Waals surface area contributed by atoms with Crippen LogP contribution in [0.4, 0.5) is 4.39 Å². The smallest absolute Gasteiger partial charge is 0.123 e. The van der Waals surface area contributed by atoms with E-state index in [1.165, 1.54) is 17.2 Å². The molecule has 0 saturated carbocycles.